The molecule has 11 heteroatoms. The zero-order chi connectivity index (χ0) is 17.9. The number of ether oxygens (including phenoxy) is 1. The lowest BCUT2D eigenvalue weighted by Gasteiger charge is -2.40. The van der Waals surface area contributed by atoms with E-state index in [1.807, 2.05) is 0 Å². The predicted octanol–water partition coefficient (Wildman–Crippen LogP) is -2.37. The number of hydrogen-bond acceptors (Lipinski definition) is 9. The molecule has 132 valence electrons. The highest BCUT2D eigenvalue weighted by atomic mass is 16.6. The van der Waals surface area contributed by atoms with Crippen molar-refractivity contribution in [1.82, 2.24) is 10.9 Å². The fourth-order valence-corrected chi connectivity index (χ4v) is 2.16. The summed E-state index contributed by atoms with van der Waals surface area (Å²) in [5.74, 6) is -0.665. The lowest BCUT2D eigenvalue weighted by atomic mass is 9.99. The van der Waals surface area contributed by atoms with Gasteiger partial charge in [-0.1, -0.05) is 0 Å². The Balaban J connectivity index is 1.96. The quantitative estimate of drug-likeness (QED) is 0.252. The van der Waals surface area contributed by atoms with Crippen LogP contribution in [0.25, 0.3) is 0 Å². The number of benzene rings is 1. The molecule has 1 aromatic rings. The second kappa shape index (κ2) is 7.61. The second-order valence-electron chi connectivity index (χ2n) is 5.15. The van der Waals surface area contributed by atoms with Gasteiger partial charge in [0.05, 0.1) is 11.5 Å². The van der Waals surface area contributed by atoms with Gasteiger partial charge in [0.25, 0.3) is 11.6 Å². The van der Waals surface area contributed by atoms with Crippen LogP contribution in [0.3, 0.4) is 0 Å². The van der Waals surface area contributed by atoms with Gasteiger partial charge in [-0.25, -0.2) is 5.43 Å². The molecule has 0 bridgehead atoms. The molecule has 6 N–H and O–H groups in total. The summed E-state index contributed by atoms with van der Waals surface area (Å²) in [6, 6.07) is 4.79. The largest absolute Gasteiger partial charge is 0.394 e. The third-order valence-electron chi connectivity index (χ3n) is 3.56. The third-order valence-corrected chi connectivity index (χ3v) is 3.56. The Morgan fingerprint density at radius 2 is 1.79 bits per heavy atom. The fourth-order valence-electron chi connectivity index (χ4n) is 2.16. The minimum Gasteiger partial charge on any atom is -0.394 e. The molecule has 1 heterocycles. The first-order chi connectivity index (χ1) is 11.3. The van der Waals surface area contributed by atoms with E-state index in [-0.39, 0.29) is 11.3 Å². The summed E-state index contributed by atoms with van der Waals surface area (Å²) in [5.41, 5.74) is 4.48. The van der Waals surface area contributed by atoms with E-state index in [0.717, 1.165) is 12.1 Å². The molecule has 1 saturated heterocycles. The first-order valence-corrected chi connectivity index (χ1v) is 6.96. The van der Waals surface area contributed by atoms with Crippen molar-refractivity contribution in [3.63, 3.8) is 0 Å². The van der Waals surface area contributed by atoms with E-state index in [2.05, 4.69) is 10.9 Å². The fraction of sp³-hybridized carbons (Fsp3) is 0.462. The highest BCUT2D eigenvalue weighted by Crippen LogP contribution is 2.19. The van der Waals surface area contributed by atoms with Crippen molar-refractivity contribution in [2.45, 2.75) is 30.6 Å². The number of hydrazine groups is 1. The van der Waals surface area contributed by atoms with Crippen LogP contribution in [-0.2, 0) is 4.74 Å². The second-order valence-corrected chi connectivity index (χ2v) is 5.15. The summed E-state index contributed by atoms with van der Waals surface area (Å²) in [7, 11) is 0. The Morgan fingerprint density at radius 3 is 2.33 bits per heavy atom. The highest BCUT2D eigenvalue weighted by Gasteiger charge is 2.43. The Bertz CT molecular complexity index is 593. The van der Waals surface area contributed by atoms with Gasteiger partial charge in [0, 0.05) is 17.7 Å². The Morgan fingerprint density at radius 1 is 1.17 bits per heavy atom. The Hall–Kier alpha value is -2.15. The highest BCUT2D eigenvalue weighted by molar-refractivity contribution is 5.94. The summed E-state index contributed by atoms with van der Waals surface area (Å²) in [5, 5.41) is 48.7. The topological polar surface area (TPSA) is 174 Å². The number of rotatable bonds is 5. The van der Waals surface area contributed by atoms with Crippen molar-refractivity contribution < 1.29 is 34.9 Å². The molecule has 24 heavy (non-hydrogen) atoms. The lowest BCUT2D eigenvalue weighted by Crippen LogP contribution is -2.64. The monoisotopic (exact) mass is 343 g/mol. The molecule has 0 unspecified atom stereocenters. The normalized spacial score (nSPS) is 29.9. The number of hydrogen-bond donors (Lipinski definition) is 6. The van der Waals surface area contributed by atoms with Gasteiger partial charge in [0.1, 0.15) is 24.4 Å². The number of nitrogens with zero attached hydrogens (tertiary/aromatic N) is 1. The van der Waals surface area contributed by atoms with Crippen LogP contribution >= 0.6 is 0 Å². The zero-order valence-corrected chi connectivity index (χ0v) is 12.3. The molecule has 0 spiro atoms. The first kappa shape index (κ1) is 18.2. The summed E-state index contributed by atoms with van der Waals surface area (Å²) in [6.07, 6.45) is -7.03. The molecule has 0 aliphatic carbocycles. The van der Waals surface area contributed by atoms with Crippen molar-refractivity contribution in [2.24, 2.45) is 0 Å². The molecule has 11 nitrogen and oxygen atoms in total. The van der Waals surface area contributed by atoms with Crippen LogP contribution in [0.2, 0.25) is 0 Å². The molecular formula is C13H17N3O8. The van der Waals surface area contributed by atoms with Crippen molar-refractivity contribution in [3.8, 4) is 0 Å². The summed E-state index contributed by atoms with van der Waals surface area (Å²) in [6.45, 7) is -0.598. The maximum atomic E-state index is 11.9. The van der Waals surface area contributed by atoms with Crippen molar-refractivity contribution >= 4 is 11.6 Å². The number of aliphatic hydroxyl groups excluding tert-OH is 4. The molecule has 0 radical (unpaired) electrons. The van der Waals surface area contributed by atoms with Crippen molar-refractivity contribution in [2.75, 3.05) is 6.61 Å². The SMILES string of the molecule is O=C(NN[C@@H]1O[C@H](CO)[C@@H](O)[C@H](O)[C@H]1O)c1ccc([N+](=O)[O-])cc1. The number of non-ortho nitro benzene ring substituents is 1. The third kappa shape index (κ3) is 3.84. The molecule has 1 aliphatic rings. The number of carbonyl (C=O) groups excluding carboxylic acids is 1. The standard InChI is InChI=1S/C13H17N3O8/c17-5-8-9(18)10(19)11(20)13(24-8)15-14-12(21)6-1-3-7(4-2-6)16(22)23/h1-4,8-11,13,15,17-20H,5H2,(H,14,21)/t8-,9-,10+,11-,13-/m1/s1. The maximum absolute atomic E-state index is 11.9. The van der Waals surface area contributed by atoms with Crippen LogP contribution in [0.1, 0.15) is 10.4 Å². The van der Waals surface area contributed by atoms with Crippen LogP contribution in [0.4, 0.5) is 5.69 Å². The van der Waals surface area contributed by atoms with E-state index >= 15 is 0 Å². The van der Waals surface area contributed by atoms with Gasteiger partial charge in [0.2, 0.25) is 0 Å². The molecule has 1 aliphatic heterocycles. The van der Waals surface area contributed by atoms with Crippen molar-refractivity contribution in [3.05, 3.63) is 39.9 Å². The smallest absolute Gasteiger partial charge is 0.269 e. The van der Waals surface area contributed by atoms with Gasteiger partial charge in [-0.2, -0.15) is 0 Å². The number of nitro benzene ring substituents is 1. The number of amides is 1. The van der Waals surface area contributed by atoms with E-state index in [0.29, 0.717) is 0 Å². The van der Waals surface area contributed by atoms with Gasteiger partial charge in [0.15, 0.2) is 6.23 Å². The minimum absolute atomic E-state index is 0.109. The van der Waals surface area contributed by atoms with Crippen LogP contribution < -0.4 is 10.9 Å². The number of aliphatic hydroxyl groups is 4. The van der Waals surface area contributed by atoms with Gasteiger partial charge < -0.3 is 25.2 Å². The van der Waals surface area contributed by atoms with E-state index in [1.165, 1.54) is 12.1 Å². The maximum Gasteiger partial charge on any atom is 0.269 e. The van der Waals surface area contributed by atoms with Gasteiger partial charge in [-0.15, -0.1) is 0 Å². The van der Waals surface area contributed by atoms with E-state index < -0.39 is 48.1 Å². The molecule has 0 saturated carbocycles. The molecule has 1 aromatic carbocycles. The summed E-state index contributed by atoms with van der Waals surface area (Å²) >= 11 is 0. The number of nitrogens with one attached hydrogen (secondary N) is 2. The van der Waals surface area contributed by atoms with Crippen LogP contribution in [0.5, 0.6) is 0 Å². The Kier molecular flexibility index (Phi) is 5.77. The van der Waals surface area contributed by atoms with Crippen LogP contribution in [0.15, 0.2) is 24.3 Å². The summed E-state index contributed by atoms with van der Waals surface area (Å²) in [4.78, 5) is 21.9. The molecule has 1 fully saturated rings. The molecule has 2 rings (SSSR count). The molecule has 0 aromatic heterocycles. The number of nitro groups is 1. The van der Waals surface area contributed by atoms with Crippen molar-refractivity contribution in [1.29, 1.82) is 0 Å². The van der Waals surface area contributed by atoms with Crippen LogP contribution in [-0.4, -0.2) is 68.5 Å². The number of carbonyl (C=O) groups is 1. The van der Waals surface area contributed by atoms with Crippen LogP contribution in [0, 0.1) is 10.1 Å². The molecule has 5 atom stereocenters. The molecule has 1 amide bonds. The van der Waals surface area contributed by atoms with Gasteiger partial charge in [-0.3, -0.25) is 20.3 Å². The predicted molar refractivity (Wildman–Crippen MR) is 77.5 cm³/mol. The minimum atomic E-state index is -1.58. The van der Waals surface area contributed by atoms with E-state index in [9.17, 15) is 30.2 Å². The Labute approximate surface area is 135 Å². The van der Waals surface area contributed by atoms with E-state index in [1.54, 1.807) is 0 Å². The zero-order valence-electron chi connectivity index (χ0n) is 12.3. The summed E-state index contributed by atoms with van der Waals surface area (Å²) < 4.78 is 5.14. The lowest BCUT2D eigenvalue weighted by molar-refractivity contribution is -0.384. The first-order valence-electron chi connectivity index (χ1n) is 6.96. The average Bonchev–Trinajstić information content (AvgIpc) is 2.59. The average molecular weight is 343 g/mol. The van der Waals surface area contributed by atoms with Gasteiger partial charge in [-0.05, 0) is 12.1 Å². The molecular weight excluding hydrogens is 326 g/mol. The van der Waals surface area contributed by atoms with E-state index in [4.69, 9.17) is 9.84 Å². The van der Waals surface area contributed by atoms with Gasteiger partial charge >= 0.3 is 0 Å².